The minimum absolute atomic E-state index is 0.0706. The van der Waals surface area contributed by atoms with E-state index < -0.39 is 11.9 Å². The van der Waals surface area contributed by atoms with E-state index in [-0.39, 0.29) is 17.7 Å². The first-order valence-electron chi connectivity index (χ1n) is 11.9. The van der Waals surface area contributed by atoms with E-state index >= 15 is 0 Å². The Morgan fingerprint density at radius 3 is 2.43 bits per heavy atom. The number of rotatable bonds is 8. The largest absolute Gasteiger partial charge is 0.493 e. The molecule has 2 amide bonds. The van der Waals surface area contributed by atoms with Crippen molar-refractivity contribution in [2.75, 3.05) is 19.1 Å². The molecule has 1 aliphatic rings. The van der Waals surface area contributed by atoms with Gasteiger partial charge in [0.2, 0.25) is 5.91 Å². The highest BCUT2D eigenvalue weighted by atomic mass is 16.5. The summed E-state index contributed by atoms with van der Waals surface area (Å²) in [5.41, 5.74) is 3.07. The molecule has 1 unspecified atom stereocenters. The van der Waals surface area contributed by atoms with Crippen LogP contribution >= 0.6 is 0 Å². The Balaban J connectivity index is 1.92. The summed E-state index contributed by atoms with van der Waals surface area (Å²) >= 11 is 0. The van der Waals surface area contributed by atoms with Crippen molar-refractivity contribution in [1.82, 2.24) is 5.32 Å². The molecule has 0 bridgehead atoms. The monoisotopic (exact) mass is 476 g/mol. The number of hydrogen-bond acceptors (Lipinski definition) is 5. The van der Waals surface area contributed by atoms with Gasteiger partial charge >= 0.3 is 0 Å². The zero-order chi connectivity index (χ0) is 24.9. The van der Waals surface area contributed by atoms with E-state index in [1.54, 1.807) is 37.4 Å². The van der Waals surface area contributed by atoms with Crippen LogP contribution in [0.4, 0.5) is 5.69 Å². The summed E-state index contributed by atoms with van der Waals surface area (Å²) in [6, 6.07) is 13.5. The molecule has 35 heavy (non-hydrogen) atoms. The van der Waals surface area contributed by atoms with Gasteiger partial charge in [0.05, 0.1) is 20.5 Å². The second-order valence-electron chi connectivity index (χ2n) is 8.92. The Bertz CT molecular complexity index is 1180. The number of carbonyl (C=O) groups excluding carboxylic acids is 2. The number of furan rings is 1. The fraction of sp³-hybridized carbons (Fsp3) is 0.357. The van der Waals surface area contributed by atoms with Gasteiger partial charge in [-0.25, -0.2) is 0 Å². The third-order valence-corrected chi connectivity index (χ3v) is 6.50. The van der Waals surface area contributed by atoms with E-state index in [1.165, 1.54) is 18.3 Å². The molecule has 4 rings (SSSR count). The number of aryl methyl sites for hydroxylation is 2. The highest BCUT2D eigenvalue weighted by Crippen LogP contribution is 2.40. The summed E-state index contributed by atoms with van der Waals surface area (Å²) in [6.45, 7) is 3.92. The smallest absolute Gasteiger partial charge is 0.294 e. The normalized spacial score (nSPS) is 14.4. The zero-order valence-corrected chi connectivity index (χ0v) is 20.7. The standard InChI is InChI=1S/C28H32N2O5/c1-18-14-15-22(19(2)17-18)30(28(32)24-13-8-16-35-24)25(27(31)29-20-9-5-6-10-20)21-11-7-12-23(33-3)26(21)34-4/h7-8,11-17,20,25H,5-6,9-10H2,1-4H3,(H,29,31). The van der Waals surface area contributed by atoms with E-state index in [1.807, 2.05) is 32.0 Å². The molecular weight excluding hydrogens is 444 g/mol. The van der Waals surface area contributed by atoms with Crippen LogP contribution in [-0.2, 0) is 4.79 Å². The van der Waals surface area contributed by atoms with Crippen LogP contribution in [0.5, 0.6) is 11.5 Å². The number of benzene rings is 2. The molecule has 0 saturated heterocycles. The van der Waals surface area contributed by atoms with Crippen LogP contribution < -0.4 is 19.7 Å². The third-order valence-electron chi connectivity index (χ3n) is 6.50. The maximum Gasteiger partial charge on any atom is 0.294 e. The molecule has 0 radical (unpaired) electrons. The molecule has 1 fully saturated rings. The maximum atomic E-state index is 14.0. The summed E-state index contributed by atoms with van der Waals surface area (Å²) in [5.74, 6) is 0.338. The Hall–Kier alpha value is -3.74. The molecule has 1 aromatic heterocycles. The molecule has 3 aromatic rings. The van der Waals surface area contributed by atoms with Gasteiger partial charge in [-0.15, -0.1) is 0 Å². The van der Waals surface area contributed by atoms with Gasteiger partial charge in [-0.05, 0) is 56.5 Å². The molecule has 1 saturated carbocycles. The summed E-state index contributed by atoms with van der Waals surface area (Å²) in [6.07, 6.45) is 5.44. The van der Waals surface area contributed by atoms with Crippen molar-refractivity contribution in [3.63, 3.8) is 0 Å². The molecule has 1 N–H and O–H groups in total. The van der Waals surface area contributed by atoms with Crippen LogP contribution in [0.3, 0.4) is 0 Å². The molecule has 1 heterocycles. The van der Waals surface area contributed by atoms with Crippen LogP contribution in [0, 0.1) is 13.8 Å². The number of nitrogens with one attached hydrogen (secondary N) is 1. The summed E-state index contributed by atoms with van der Waals surface area (Å²) in [7, 11) is 3.08. The van der Waals surface area contributed by atoms with Crippen molar-refractivity contribution in [3.8, 4) is 11.5 Å². The molecule has 7 nitrogen and oxygen atoms in total. The summed E-state index contributed by atoms with van der Waals surface area (Å²) in [5, 5.41) is 3.19. The lowest BCUT2D eigenvalue weighted by Crippen LogP contribution is -2.46. The minimum atomic E-state index is -1.01. The van der Waals surface area contributed by atoms with Gasteiger partial charge < -0.3 is 19.2 Å². The molecule has 0 spiro atoms. The summed E-state index contributed by atoms with van der Waals surface area (Å²) in [4.78, 5) is 29.4. The van der Waals surface area contributed by atoms with Crippen molar-refractivity contribution in [2.24, 2.45) is 0 Å². The first-order chi connectivity index (χ1) is 16.9. The van der Waals surface area contributed by atoms with Crippen molar-refractivity contribution < 1.29 is 23.5 Å². The lowest BCUT2D eigenvalue weighted by atomic mass is 9.98. The molecule has 184 valence electrons. The average Bonchev–Trinajstić information content (AvgIpc) is 3.57. The quantitative estimate of drug-likeness (QED) is 0.473. The molecule has 2 aromatic carbocycles. The first-order valence-corrected chi connectivity index (χ1v) is 11.9. The van der Waals surface area contributed by atoms with Gasteiger partial charge in [0.25, 0.3) is 5.91 Å². The third kappa shape index (κ3) is 5.04. The number of nitrogens with zero attached hydrogens (tertiary/aromatic N) is 1. The lowest BCUT2D eigenvalue weighted by molar-refractivity contribution is -0.123. The highest BCUT2D eigenvalue weighted by molar-refractivity contribution is 6.09. The zero-order valence-electron chi connectivity index (χ0n) is 20.7. The van der Waals surface area contributed by atoms with E-state index in [4.69, 9.17) is 13.9 Å². The van der Waals surface area contributed by atoms with Crippen LogP contribution in [0.25, 0.3) is 0 Å². The molecule has 7 heteroatoms. The maximum absolute atomic E-state index is 14.0. The number of methoxy groups -OCH3 is 2. The Morgan fingerprint density at radius 1 is 1.03 bits per heavy atom. The fourth-order valence-corrected chi connectivity index (χ4v) is 4.84. The average molecular weight is 477 g/mol. The predicted octanol–water partition coefficient (Wildman–Crippen LogP) is 5.36. The van der Waals surface area contributed by atoms with Gasteiger partial charge in [0.1, 0.15) is 6.04 Å². The van der Waals surface area contributed by atoms with E-state index in [0.717, 1.165) is 36.8 Å². The number of anilines is 1. The number of carbonyl (C=O) groups is 2. The SMILES string of the molecule is COc1cccc(C(C(=O)NC2CCCC2)N(C(=O)c2ccco2)c2ccc(C)cc2C)c1OC. The molecular formula is C28H32N2O5. The van der Waals surface area contributed by atoms with Gasteiger partial charge in [-0.2, -0.15) is 0 Å². The summed E-state index contributed by atoms with van der Waals surface area (Å²) < 4.78 is 16.7. The van der Waals surface area contributed by atoms with E-state index in [2.05, 4.69) is 5.32 Å². The van der Waals surface area contributed by atoms with Crippen LogP contribution in [-0.4, -0.2) is 32.1 Å². The van der Waals surface area contributed by atoms with Gasteiger partial charge in [-0.1, -0.05) is 42.7 Å². The number of ether oxygens (including phenoxy) is 2. The van der Waals surface area contributed by atoms with Gasteiger partial charge in [-0.3, -0.25) is 14.5 Å². The molecule has 0 aliphatic heterocycles. The number of amides is 2. The van der Waals surface area contributed by atoms with Crippen molar-refractivity contribution in [1.29, 1.82) is 0 Å². The van der Waals surface area contributed by atoms with Crippen molar-refractivity contribution in [3.05, 3.63) is 77.2 Å². The Labute approximate surface area is 206 Å². The number of hydrogen-bond donors (Lipinski definition) is 1. The highest BCUT2D eigenvalue weighted by Gasteiger charge is 2.38. The second-order valence-corrected chi connectivity index (χ2v) is 8.92. The van der Waals surface area contributed by atoms with Crippen LogP contribution in [0.2, 0.25) is 0 Å². The Morgan fingerprint density at radius 2 is 1.80 bits per heavy atom. The minimum Gasteiger partial charge on any atom is -0.493 e. The van der Waals surface area contributed by atoms with Gasteiger partial charge in [0.15, 0.2) is 17.3 Å². The van der Waals surface area contributed by atoms with Crippen LogP contribution in [0.15, 0.2) is 59.2 Å². The Kier molecular flexibility index (Phi) is 7.44. The van der Waals surface area contributed by atoms with Crippen molar-refractivity contribution >= 4 is 17.5 Å². The van der Waals surface area contributed by atoms with Crippen LogP contribution in [0.1, 0.15) is 59.0 Å². The van der Waals surface area contributed by atoms with E-state index in [9.17, 15) is 9.59 Å². The lowest BCUT2D eigenvalue weighted by Gasteiger charge is -2.33. The topological polar surface area (TPSA) is 81.0 Å². The predicted molar refractivity (Wildman–Crippen MR) is 134 cm³/mol. The second kappa shape index (κ2) is 10.7. The first kappa shape index (κ1) is 24.4. The van der Waals surface area contributed by atoms with E-state index in [0.29, 0.717) is 22.7 Å². The van der Waals surface area contributed by atoms with Crippen molar-refractivity contribution in [2.45, 2.75) is 51.6 Å². The fourth-order valence-electron chi connectivity index (χ4n) is 4.84. The number of para-hydroxylation sites is 1. The molecule has 1 atom stereocenters. The molecule has 1 aliphatic carbocycles. The van der Waals surface area contributed by atoms with Gasteiger partial charge in [0, 0.05) is 17.3 Å².